The van der Waals surface area contributed by atoms with E-state index in [1.165, 1.54) is 13.2 Å². The second kappa shape index (κ2) is 5.73. The summed E-state index contributed by atoms with van der Waals surface area (Å²) in [5.74, 6) is 0.504. The number of aryl methyl sites for hydroxylation is 1. The molecular formula is C15H14F3NO2. The van der Waals surface area contributed by atoms with E-state index in [4.69, 9.17) is 4.74 Å². The van der Waals surface area contributed by atoms with Crippen molar-refractivity contribution in [3.63, 3.8) is 0 Å². The highest BCUT2D eigenvalue weighted by molar-refractivity contribution is 5.42. The van der Waals surface area contributed by atoms with Crippen molar-refractivity contribution in [1.82, 2.24) is 4.98 Å². The summed E-state index contributed by atoms with van der Waals surface area (Å²) in [6.07, 6.45) is -3.90. The first-order chi connectivity index (χ1) is 9.84. The molecule has 0 saturated carbocycles. The van der Waals surface area contributed by atoms with Crippen LogP contribution in [-0.4, -0.2) is 17.2 Å². The Morgan fingerprint density at radius 3 is 2.57 bits per heavy atom. The van der Waals surface area contributed by atoms with Crippen LogP contribution in [0.3, 0.4) is 0 Å². The van der Waals surface area contributed by atoms with Gasteiger partial charge >= 0.3 is 6.18 Å². The summed E-state index contributed by atoms with van der Waals surface area (Å²) >= 11 is 0. The number of aliphatic hydroxyl groups excluding tert-OH is 1. The summed E-state index contributed by atoms with van der Waals surface area (Å²) in [5.41, 5.74) is -0.0351. The van der Waals surface area contributed by atoms with Crippen LogP contribution in [0.15, 0.2) is 36.7 Å². The highest BCUT2D eigenvalue weighted by Crippen LogP contribution is 2.36. The summed E-state index contributed by atoms with van der Waals surface area (Å²) in [7, 11) is 1.46. The van der Waals surface area contributed by atoms with E-state index in [2.05, 4.69) is 4.98 Å². The van der Waals surface area contributed by atoms with Crippen LogP contribution in [0.1, 0.15) is 28.4 Å². The Kier molecular flexibility index (Phi) is 4.18. The van der Waals surface area contributed by atoms with Crippen LogP contribution in [0, 0.1) is 6.92 Å². The molecule has 1 heterocycles. The molecule has 1 aromatic heterocycles. The highest BCUT2D eigenvalue weighted by Gasteiger charge is 2.35. The lowest BCUT2D eigenvalue weighted by Crippen LogP contribution is -2.13. The highest BCUT2D eigenvalue weighted by atomic mass is 19.4. The van der Waals surface area contributed by atoms with Gasteiger partial charge in [0.05, 0.1) is 12.7 Å². The average molecular weight is 297 g/mol. The summed E-state index contributed by atoms with van der Waals surface area (Å²) in [6.45, 7) is 1.81. The Hall–Kier alpha value is -2.08. The van der Waals surface area contributed by atoms with Crippen molar-refractivity contribution < 1.29 is 23.0 Å². The van der Waals surface area contributed by atoms with Crippen molar-refractivity contribution in [2.45, 2.75) is 19.2 Å². The normalized spacial score (nSPS) is 13.0. The van der Waals surface area contributed by atoms with E-state index in [1.54, 1.807) is 19.1 Å². The summed E-state index contributed by atoms with van der Waals surface area (Å²) < 4.78 is 44.0. The number of benzene rings is 1. The van der Waals surface area contributed by atoms with E-state index in [9.17, 15) is 18.3 Å². The number of rotatable bonds is 3. The Labute approximate surface area is 120 Å². The quantitative estimate of drug-likeness (QED) is 0.943. The molecule has 21 heavy (non-hydrogen) atoms. The lowest BCUT2D eigenvalue weighted by molar-refractivity contribution is -0.139. The molecule has 2 aromatic rings. The third kappa shape index (κ3) is 3.16. The zero-order chi connectivity index (χ0) is 15.6. The molecule has 0 aliphatic carbocycles. The molecule has 0 radical (unpaired) electrons. The average Bonchev–Trinajstić information content (AvgIpc) is 2.46. The fraction of sp³-hybridized carbons (Fsp3) is 0.267. The van der Waals surface area contributed by atoms with E-state index < -0.39 is 17.8 Å². The van der Waals surface area contributed by atoms with Crippen LogP contribution in [-0.2, 0) is 6.18 Å². The number of aliphatic hydroxyl groups is 1. The maximum Gasteiger partial charge on any atom is 0.416 e. The van der Waals surface area contributed by atoms with Crippen molar-refractivity contribution in [1.29, 1.82) is 0 Å². The second-order valence-electron chi connectivity index (χ2n) is 4.59. The Morgan fingerprint density at radius 1 is 1.24 bits per heavy atom. The van der Waals surface area contributed by atoms with Gasteiger partial charge in [-0.15, -0.1) is 0 Å². The van der Waals surface area contributed by atoms with Crippen LogP contribution >= 0.6 is 0 Å². The van der Waals surface area contributed by atoms with Gasteiger partial charge in [0.2, 0.25) is 0 Å². The molecule has 1 unspecified atom stereocenters. The van der Waals surface area contributed by atoms with Gasteiger partial charge in [-0.1, -0.05) is 12.1 Å². The zero-order valence-electron chi connectivity index (χ0n) is 11.5. The number of aromatic nitrogens is 1. The lowest BCUT2D eigenvalue weighted by Gasteiger charge is -2.18. The SMILES string of the molecule is COc1cc(C(O)c2cnccc2C(F)(F)F)ccc1C. The molecule has 0 saturated heterocycles. The summed E-state index contributed by atoms with van der Waals surface area (Å²) in [5, 5.41) is 10.3. The topological polar surface area (TPSA) is 42.4 Å². The molecule has 3 nitrogen and oxygen atoms in total. The maximum absolute atomic E-state index is 13.0. The lowest BCUT2D eigenvalue weighted by atomic mass is 9.97. The molecule has 112 valence electrons. The van der Waals surface area contributed by atoms with Crippen molar-refractivity contribution in [3.05, 3.63) is 58.9 Å². The molecular weight excluding hydrogens is 283 g/mol. The zero-order valence-corrected chi connectivity index (χ0v) is 11.5. The van der Waals surface area contributed by atoms with Crippen LogP contribution in [0.2, 0.25) is 0 Å². The Morgan fingerprint density at radius 2 is 1.95 bits per heavy atom. The second-order valence-corrected chi connectivity index (χ2v) is 4.59. The van der Waals surface area contributed by atoms with Gasteiger partial charge in [0, 0.05) is 18.0 Å². The van der Waals surface area contributed by atoms with Crippen LogP contribution < -0.4 is 4.74 Å². The van der Waals surface area contributed by atoms with Crippen LogP contribution in [0.25, 0.3) is 0 Å². The summed E-state index contributed by atoms with van der Waals surface area (Å²) in [6, 6.07) is 5.62. The third-order valence-electron chi connectivity index (χ3n) is 3.20. The molecule has 1 atom stereocenters. The number of halogens is 3. The first-order valence-electron chi connectivity index (χ1n) is 6.18. The van der Waals surface area contributed by atoms with E-state index in [0.717, 1.165) is 24.0 Å². The standard InChI is InChI=1S/C15H14F3NO2/c1-9-3-4-10(7-13(9)21-2)14(20)11-8-19-6-5-12(11)15(16,17)18/h3-8,14,20H,1-2H3. The number of hydrogen-bond acceptors (Lipinski definition) is 3. The van der Waals surface area contributed by atoms with E-state index in [1.807, 2.05) is 0 Å². The van der Waals surface area contributed by atoms with Crippen molar-refractivity contribution in [3.8, 4) is 5.75 Å². The predicted molar refractivity (Wildman–Crippen MR) is 71.0 cm³/mol. The van der Waals surface area contributed by atoms with Gasteiger partial charge in [-0.25, -0.2) is 0 Å². The van der Waals surface area contributed by atoms with E-state index in [0.29, 0.717) is 11.3 Å². The van der Waals surface area contributed by atoms with Gasteiger partial charge in [-0.3, -0.25) is 4.98 Å². The Bertz CT molecular complexity index is 641. The number of nitrogens with zero attached hydrogens (tertiary/aromatic N) is 1. The molecule has 0 amide bonds. The molecule has 1 aromatic carbocycles. The maximum atomic E-state index is 13.0. The minimum atomic E-state index is -4.55. The van der Waals surface area contributed by atoms with E-state index >= 15 is 0 Å². The minimum absolute atomic E-state index is 0.282. The van der Waals surface area contributed by atoms with E-state index in [-0.39, 0.29) is 5.56 Å². The van der Waals surface area contributed by atoms with Gasteiger partial charge in [0.1, 0.15) is 11.9 Å². The predicted octanol–water partition coefficient (Wildman–Crippen LogP) is 3.50. The molecule has 0 bridgehead atoms. The molecule has 2 rings (SSSR count). The molecule has 1 N–H and O–H groups in total. The van der Waals surface area contributed by atoms with Crippen molar-refractivity contribution in [2.75, 3.05) is 7.11 Å². The number of pyridine rings is 1. The minimum Gasteiger partial charge on any atom is -0.496 e. The third-order valence-corrected chi connectivity index (χ3v) is 3.20. The smallest absolute Gasteiger partial charge is 0.416 e. The molecule has 0 aliphatic rings. The van der Waals surface area contributed by atoms with Gasteiger partial charge < -0.3 is 9.84 Å². The summed E-state index contributed by atoms with van der Waals surface area (Å²) in [4.78, 5) is 3.67. The number of ether oxygens (including phenoxy) is 1. The van der Waals surface area contributed by atoms with Crippen LogP contribution in [0.5, 0.6) is 5.75 Å². The first-order valence-corrected chi connectivity index (χ1v) is 6.18. The first kappa shape index (κ1) is 15.3. The number of hydrogen-bond donors (Lipinski definition) is 1. The number of methoxy groups -OCH3 is 1. The van der Waals surface area contributed by atoms with Crippen molar-refractivity contribution in [2.24, 2.45) is 0 Å². The molecule has 6 heteroatoms. The van der Waals surface area contributed by atoms with Gasteiger partial charge in [0.25, 0.3) is 0 Å². The molecule has 0 spiro atoms. The largest absolute Gasteiger partial charge is 0.496 e. The fourth-order valence-electron chi connectivity index (χ4n) is 2.07. The van der Waals surface area contributed by atoms with Gasteiger partial charge in [-0.2, -0.15) is 13.2 Å². The number of alkyl halides is 3. The van der Waals surface area contributed by atoms with Crippen LogP contribution in [0.4, 0.5) is 13.2 Å². The van der Waals surface area contributed by atoms with Gasteiger partial charge in [-0.05, 0) is 30.2 Å². The fourth-order valence-corrected chi connectivity index (χ4v) is 2.07. The monoisotopic (exact) mass is 297 g/mol. The molecule has 0 fully saturated rings. The van der Waals surface area contributed by atoms with Crippen molar-refractivity contribution >= 4 is 0 Å². The van der Waals surface area contributed by atoms with Gasteiger partial charge in [0.15, 0.2) is 0 Å². The Balaban J connectivity index is 2.48. The molecule has 0 aliphatic heterocycles.